The second-order valence-corrected chi connectivity index (χ2v) is 12.6. The summed E-state index contributed by atoms with van der Waals surface area (Å²) in [5, 5.41) is 3.39. The number of nitrogens with one attached hydrogen (secondary N) is 1. The van der Waals surface area contributed by atoms with Crippen LogP contribution >= 0.6 is 11.6 Å². The van der Waals surface area contributed by atoms with Crippen molar-refractivity contribution in [2.75, 3.05) is 18.0 Å². The van der Waals surface area contributed by atoms with Crippen LogP contribution in [0.4, 0.5) is 5.69 Å². The molecule has 3 rings (SSSR count). The first-order valence-corrected chi connectivity index (χ1v) is 14.8. The minimum atomic E-state index is -4.13. The summed E-state index contributed by atoms with van der Waals surface area (Å²) in [5.74, 6) is -0.191. The van der Waals surface area contributed by atoms with Crippen LogP contribution < -0.4 is 14.4 Å². The lowest BCUT2D eigenvalue weighted by atomic mass is 10.1. The van der Waals surface area contributed by atoms with Crippen molar-refractivity contribution >= 4 is 39.1 Å². The fourth-order valence-electron chi connectivity index (χ4n) is 4.16. The second kappa shape index (κ2) is 13.2. The minimum Gasteiger partial charge on any atom is -0.497 e. The molecule has 0 aliphatic carbocycles. The topological polar surface area (TPSA) is 96.0 Å². The van der Waals surface area contributed by atoms with E-state index in [0.29, 0.717) is 17.2 Å². The molecule has 0 radical (unpaired) electrons. The third kappa shape index (κ3) is 7.99. The number of hydrogen-bond acceptors (Lipinski definition) is 5. The highest BCUT2D eigenvalue weighted by Crippen LogP contribution is 2.26. The average Bonchev–Trinajstić information content (AvgIpc) is 2.92. The van der Waals surface area contributed by atoms with Crippen molar-refractivity contribution in [3.8, 4) is 5.75 Å². The molecule has 0 bridgehead atoms. The van der Waals surface area contributed by atoms with Gasteiger partial charge in [-0.05, 0) is 81.3 Å². The fourth-order valence-corrected chi connectivity index (χ4v) is 5.72. The summed E-state index contributed by atoms with van der Waals surface area (Å²) in [6.07, 6.45) is 0.330. The number of halogens is 1. The molecule has 10 heteroatoms. The Labute approximate surface area is 241 Å². The van der Waals surface area contributed by atoms with Gasteiger partial charge >= 0.3 is 0 Å². The molecule has 1 atom stereocenters. The second-order valence-electron chi connectivity index (χ2n) is 10.3. The Morgan fingerprint density at radius 3 is 2.08 bits per heavy atom. The van der Waals surface area contributed by atoms with Gasteiger partial charge in [-0.15, -0.1) is 0 Å². The van der Waals surface area contributed by atoms with Crippen LogP contribution in [0.5, 0.6) is 5.75 Å². The molecule has 0 aromatic heterocycles. The van der Waals surface area contributed by atoms with Gasteiger partial charge in [0, 0.05) is 17.1 Å². The van der Waals surface area contributed by atoms with E-state index in [-0.39, 0.29) is 23.0 Å². The van der Waals surface area contributed by atoms with Crippen LogP contribution in [0.25, 0.3) is 0 Å². The number of amides is 2. The Morgan fingerprint density at radius 1 is 0.950 bits per heavy atom. The number of benzene rings is 3. The standard InChI is InChI=1S/C30H36ClN3O5S/c1-6-27(29(36)32-30(2,3)4)33(20-22-12-18-25(39-5)19-13-22)28(35)21-34(24-16-14-23(31)15-17-24)40(37,38)26-10-8-7-9-11-26/h7-19,27H,6,20-21H2,1-5H3,(H,32,36). The molecule has 0 spiro atoms. The summed E-state index contributed by atoms with van der Waals surface area (Å²) in [5.41, 5.74) is 0.518. The number of carbonyl (C=O) groups excluding carboxylic acids is 2. The highest BCUT2D eigenvalue weighted by atomic mass is 35.5. The lowest BCUT2D eigenvalue weighted by Gasteiger charge is -2.34. The lowest BCUT2D eigenvalue weighted by Crippen LogP contribution is -2.55. The minimum absolute atomic E-state index is 0.0389. The Balaban J connectivity index is 2.05. The van der Waals surface area contributed by atoms with Crippen molar-refractivity contribution < 1.29 is 22.7 Å². The van der Waals surface area contributed by atoms with Crippen LogP contribution in [-0.4, -0.2) is 50.4 Å². The van der Waals surface area contributed by atoms with E-state index in [1.807, 2.05) is 39.8 Å². The molecule has 0 saturated heterocycles. The molecule has 0 aliphatic heterocycles. The molecule has 1 unspecified atom stereocenters. The van der Waals surface area contributed by atoms with Crippen LogP contribution in [-0.2, 0) is 26.2 Å². The van der Waals surface area contributed by atoms with E-state index in [0.717, 1.165) is 9.87 Å². The fraction of sp³-hybridized carbons (Fsp3) is 0.333. The molecule has 2 amide bonds. The lowest BCUT2D eigenvalue weighted by molar-refractivity contribution is -0.141. The summed E-state index contributed by atoms with van der Waals surface area (Å²) in [4.78, 5) is 28.9. The molecule has 8 nitrogen and oxygen atoms in total. The Kier molecular flexibility index (Phi) is 10.2. The number of hydrogen-bond donors (Lipinski definition) is 1. The molecular weight excluding hydrogens is 550 g/mol. The first-order valence-electron chi connectivity index (χ1n) is 12.9. The Hall–Kier alpha value is -3.56. The maximum absolute atomic E-state index is 14.1. The van der Waals surface area contributed by atoms with Gasteiger partial charge in [0.2, 0.25) is 11.8 Å². The van der Waals surface area contributed by atoms with Crippen LogP contribution in [0, 0.1) is 0 Å². The molecular formula is C30H36ClN3O5S. The zero-order valence-electron chi connectivity index (χ0n) is 23.4. The van der Waals surface area contributed by atoms with Gasteiger partial charge in [0.1, 0.15) is 18.3 Å². The predicted octanol–water partition coefficient (Wildman–Crippen LogP) is 5.27. The molecule has 1 N–H and O–H groups in total. The molecule has 0 saturated carbocycles. The number of rotatable bonds is 11. The SMILES string of the molecule is CCC(C(=O)NC(C)(C)C)N(Cc1ccc(OC)cc1)C(=O)CN(c1ccc(Cl)cc1)S(=O)(=O)c1ccccc1. The van der Waals surface area contributed by atoms with Gasteiger partial charge in [0.25, 0.3) is 10.0 Å². The molecule has 3 aromatic rings. The van der Waals surface area contributed by atoms with E-state index in [9.17, 15) is 18.0 Å². The van der Waals surface area contributed by atoms with Crippen LogP contribution in [0.15, 0.2) is 83.8 Å². The third-order valence-corrected chi connectivity index (χ3v) is 8.16. The summed E-state index contributed by atoms with van der Waals surface area (Å²) in [7, 11) is -2.57. The normalized spacial score (nSPS) is 12.3. The highest BCUT2D eigenvalue weighted by Gasteiger charge is 2.34. The Morgan fingerprint density at radius 2 is 1.55 bits per heavy atom. The van der Waals surface area contributed by atoms with E-state index in [2.05, 4.69) is 5.32 Å². The average molecular weight is 586 g/mol. The maximum Gasteiger partial charge on any atom is 0.264 e. The van der Waals surface area contributed by atoms with Crippen molar-refractivity contribution in [1.82, 2.24) is 10.2 Å². The van der Waals surface area contributed by atoms with Gasteiger partial charge in [-0.25, -0.2) is 8.42 Å². The quantitative estimate of drug-likeness (QED) is 0.331. The van der Waals surface area contributed by atoms with E-state index in [4.69, 9.17) is 16.3 Å². The van der Waals surface area contributed by atoms with Crippen molar-refractivity contribution in [2.45, 2.75) is 57.1 Å². The molecule has 0 fully saturated rings. The maximum atomic E-state index is 14.1. The Bertz CT molecular complexity index is 1390. The van der Waals surface area contributed by atoms with Crippen LogP contribution in [0.2, 0.25) is 5.02 Å². The highest BCUT2D eigenvalue weighted by molar-refractivity contribution is 7.92. The summed E-state index contributed by atoms with van der Waals surface area (Å²) >= 11 is 6.07. The van der Waals surface area contributed by atoms with E-state index < -0.39 is 34.1 Å². The number of methoxy groups -OCH3 is 1. The van der Waals surface area contributed by atoms with E-state index in [1.165, 1.54) is 17.0 Å². The summed E-state index contributed by atoms with van der Waals surface area (Å²) in [6, 6.07) is 20.5. The first-order chi connectivity index (χ1) is 18.9. The number of anilines is 1. The zero-order chi connectivity index (χ0) is 29.5. The van der Waals surface area contributed by atoms with Gasteiger partial charge in [-0.3, -0.25) is 13.9 Å². The monoisotopic (exact) mass is 585 g/mol. The van der Waals surface area contributed by atoms with Crippen molar-refractivity contribution in [3.63, 3.8) is 0 Å². The van der Waals surface area contributed by atoms with E-state index in [1.54, 1.807) is 61.7 Å². The van der Waals surface area contributed by atoms with Gasteiger partial charge in [0.15, 0.2) is 0 Å². The van der Waals surface area contributed by atoms with Gasteiger partial charge in [-0.1, -0.05) is 48.9 Å². The van der Waals surface area contributed by atoms with Crippen molar-refractivity contribution in [1.29, 1.82) is 0 Å². The number of sulfonamides is 1. The molecule has 0 heterocycles. The molecule has 0 aliphatic rings. The van der Waals surface area contributed by atoms with Crippen LogP contribution in [0.1, 0.15) is 39.7 Å². The summed E-state index contributed by atoms with van der Waals surface area (Å²) in [6.45, 7) is 6.98. The zero-order valence-corrected chi connectivity index (χ0v) is 25.0. The number of ether oxygens (including phenoxy) is 1. The van der Waals surface area contributed by atoms with Gasteiger partial charge in [-0.2, -0.15) is 0 Å². The van der Waals surface area contributed by atoms with Crippen molar-refractivity contribution in [3.05, 3.63) is 89.4 Å². The van der Waals surface area contributed by atoms with E-state index >= 15 is 0 Å². The third-order valence-electron chi connectivity index (χ3n) is 6.12. The van der Waals surface area contributed by atoms with Gasteiger partial charge < -0.3 is 15.0 Å². The van der Waals surface area contributed by atoms with Gasteiger partial charge in [0.05, 0.1) is 17.7 Å². The molecule has 40 heavy (non-hydrogen) atoms. The summed E-state index contributed by atoms with van der Waals surface area (Å²) < 4.78 is 33.9. The van der Waals surface area contributed by atoms with Crippen LogP contribution in [0.3, 0.4) is 0 Å². The first kappa shape index (κ1) is 31.0. The molecule has 214 valence electrons. The smallest absolute Gasteiger partial charge is 0.264 e. The predicted molar refractivity (Wildman–Crippen MR) is 158 cm³/mol. The molecule has 3 aromatic carbocycles. The van der Waals surface area contributed by atoms with Crippen molar-refractivity contribution in [2.24, 2.45) is 0 Å². The number of nitrogens with zero attached hydrogens (tertiary/aromatic N) is 2. The largest absolute Gasteiger partial charge is 0.497 e. The number of carbonyl (C=O) groups is 2.